The summed E-state index contributed by atoms with van der Waals surface area (Å²) < 4.78 is 27.7. The first-order valence-corrected chi connectivity index (χ1v) is 9.56. The molecule has 9 heteroatoms. The molecule has 1 amide bonds. The summed E-state index contributed by atoms with van der Waals surface area (Å²) in [5.74, 6) is -0.520. The predicted octanol–water partition coefficient (Wildman–Crippen LogP) is 0.913. The van der Waals surface area contributed by atoms with Gasteiger partial charge in [0, 0.05) is 38.1 Å². The van der Waals surface area contributed by atoms with Crippen molar-refractivity contribution in [2.75, 3.05) is 20.1 Å². The first kappa shape index (κ1) is 19.8. The third-order valence-electron chi connectivity index (χ3n) is 3.78. The molecule has 26 heavy (non-hydrogen) atoms. The maximum absolute atomic E-state index is 12.5. The molecule has 0 saturated carbocycles. The molecule has 0 fully saturated rings. The smallest absolute Gasteiger partial charge is 0.243 e. The van der Waals surface area contributed by atoms with Gasteiger partial charge in [-0.2, -0.15) is 9.40 Å². The average Bonchev–Trinajstić information content (AvgIpc) is 3.12. The number of nitrogens with zero attached hydrogens (tertiary/aromatic N) is 3. The van der Waals surface area contributed by atoms with Gasteiger partial charge >= 0.3 is 0 Å². The predicted molar refractivity (Wildman–Crippen MR) is 96.1 cm³/mol. The standard InChI is InChI=1S/C17H22N4O4S/c1-14(22)15-5-7-16(8-6-15)26(24,25)20(2)13-17(23)18-9-3-11-21-12-4-10-19-21/h4-8,10,12H,3,9,11,13H2,1-2H3,(H,18,23). The molecule has 0 aliphatic carbocycles. The Bertz CT molecular complexity index is 845. The molecule has 2 aromatic rings. The van der Waals surface area contributed by atoms with Crippen molar-refractivity contribution in [2.45, 2.75) is 24.8 Å². The SMILES string of the molecule is CC(=O)c1ccc(S(=O)(=O)N(C)CC(=O)NCCCn2cccn2)cc1. The molecule has 2 rings (SSSR count). The van der Waals surface area contributed by atoms with Crippen LogP contribution in [0.3, 0.4) is 0 Å². The summed E-state index contributed by atoms with van der Waals surface area (Å²) in [4.78, 5) is 23.3. The lowest BCUT2D eigenvalue weighted by molar-refractivity contribution is -0.121. The highest BCUT2D eigenvalue weighted by molar-refractivity contribution is 7.89. The molecule has 140 valence electrons. The van der Waals surface area contributed by atoms with Crippen molar-refractivity contribution >= 4 is 21.7 Å². The Labute approximate surface area is 152 Å². The van der Waals surface area contributed by atoms with Crippen LogP contribution in [0.1, 0.15) is 23.7 Å². The number of hydrogen-bond acceptors (Lipinski definition) is 5. The number of likely N-dealkylation sites (N-methyl/N-ethyl adjacent to an activating group) is 1. The van der Waals surface area contributed by atoms with E-state index in [2.05, 4.69) is 10.4 Å². The molecule has 1 N–H and O–H groups in total. The Morgan fingerprint density at radius 3 is 2.50 bits per heavy atom. The molecule has 1 aromatic heterocycles. The van der Waals surface area contributed by atoms with Crippen LogP contribution >= 0.6 is 0 Å². The number of sulfonamides is 1. The number of rotatable bonds is 9. The fraction of sp³-hybridized carbons (Fsp3) is 0.353. The second-order valence-corrected chi connectivity index (χ2v) is 7.86. The lowest BCUT2D eigenvalue weighted by Crippen LogP contribution is -2.38. The van der Waals surface area contributed by atoms with E-state index in [4.69, 9.17) is 0 Å². The number of ketones is 1. The highest BCUT2D eigenvalue weighted by atomic mass is 32.2. The quantitative estimate of drug-likeness (QED) is 0.516. The van der Waals surface area contributed by atoms with Gasteiger partial charge in [-0.1, -0.05) is 12.1 Å². The molecule has 0 radical (unpaired) electrons. The van der Waals surface area contributed by atoms with Gasteiger partial charge in [-0.05, 0) is 31.5 Å². The molecule has 0 unspecified atom stereocenters. The highest BCUT2D eigenvalue weighted by Crippen LogP contribution is 2.15. The Balaban J connectivity index is 1.85. The molecular formula is C17H22N4O4S. The van der Waals surface area contributed by atoms with Crippen molar-refractivity contribution in [1.82, 2.24) is 19.4 Å². The van der Waals surface area contributed by atoms with E-state index in [9.17, 15) is 18.0 Å². The summed E-state index contributed by atoms with van der Waals surface area (Å²) in [7, 11) is -2.45. The second kappa shape index (κ2) is 8.72. The molecule has 0 spiro atoms. The van der Waals surface area contributed by atoms with E-state index < -0.39 is 10.0 Å². The van der Waals surface area contributed by atoms with Crippen LogP contribution in [0.5, 0.6) is 0 Å². The van der Waals surface area contributed by atoms with Crippen LogP contribution in [0.4, 0.5) is 0 Å². The fourth-order valence-electron chi connectivity index (χ4n) is 2.29. The number of amides is 1. The zero-order valence-electron chi connectivity index (χ0n) is 14.8. The molecule has 0 bridgehead atoms. The van der Waals surface area contributed by atoms with Crippen molar-refractivity contribution in [2.24, 2.45) is 0 Å². The van der Waals surface area contributed by atoms with Crippen LogP contribution in [0.2, 0.25) is 0 Å². The number of carbonyl (C=O) groups excluding carboxylic acids is 2. The van der Waals surface area contributed by atoms with Crippen molar-refractivity contribution < 1.29 is 18.0 Å². The van der Waals surface area contributed by atoms with E-state index in [1.165, 1.54) is 38.2 Å². The number of nitrogens with one attached hydrogen (secondary N) is 1. The van der Waals surface area contributed by atoms with E-state index in [1.54, 1.807) is 10.9 Å². The number of hydrogen-bond donors (Lipinski definition) is 1. The molecule has 0 atom stereocenters. The van der Waals surface area contributed by atoms with Gasteiger partial charge in [0.15, 0.2) is 5.78 Å². The zero-order chi connectivity index (χ0) is 19.2. The van der Waals surface area contributed by atoms with Gasteiger partial charge in [0.05, 0.1) is 11.4 Å². The van der Waals surface area contributed by atoms with Gasteiger partial charge in [0.1, 0.15) is 0 Å². The van der Waals surface area contributed by atoms with Crippen LogP contribution in [0.25, 0.3) is 0 Å². The molecule has 1 heterocycles. The Morgan fingerprint density at radius 2 is 1.92 bits per heavy atom. The van der Waals surface area contributed by atoms with Crippen LogP contribution in [0, 0.1) is 0 Å². The van der Waals surface area contributed by atoms with Crippen LogP contribution < -0.4 is 5.32 Å². The Kier molecular flexibility index (Phi) is 6.64. The topological polar surface area (TPSA) is 101 Å². The number of aryl methyl sites for hydroxylation is 1. The summed E-state index contributed by atoms with van der Waals surface area (Å²) >= 11 is 0. The van der Waals surface area contributed by atoms with Gasteiger partial charge in [-0.25, -0.2) is 8.42 Å². The van der Waals surface area contributed by atoms with Crippen molar-refractivity contribution in [3.8, 4) is 0 Å². The Hall–Kier alpha value is -2.52. The van der Waals surface area contributed by atoms with E-state index in [0.717, 1.165) is 4.31 Å². The van der Waals surface area contributed by atoms with Gasteiger partial charge in [-0.3, -0.25) is 14.3 Å². The van der Waals surface area contributed by atoms with Crippen molar-refractivity contribution in [1.29, 1.82) is 0 Å². The van der Waals surface area contributed by atoms with Crippen LogP contribution in [0.15, 0.2) is 47.6 Å². The summed E-state index contributed by atoms with van der Waals surface area (Å²) in [5, 5.41) is 6.75. The molecule has 8 nitrogen and oxygen atoms in total. The van der Waals surface area contributed by atoms with Crippen molar-refractivity contribution in [3.05, 3.63) is 48.3 Å². The minimum Gasteiger partial charge on any atom is -0.355 e. The minimum atomic E-state index is -3.80. The van der Waals surface area contributed by atoms with E-state index >= 15 is 0 Å². The van der Waals surface area contributed by atoms with E-state index in [0.29, 0.717) is 25.1 Å². The number of aromatic nitrogens is 2. The largest absolute Gasteiger partial charge is 0.355 e. The molecule has 1 aromatic carbocycles. The summed E-state index contributed by atoms with van der Waals surface area (Å²) in [5.41, 5.74) is 0.432. The average molecular weight is 378 g/mol. The van der Waals surface area contributed by atoms with Gasteiger partial charge < -0.3 is 5.32 Å². The monoisotopic (exact) mass is 378 g/mol. The molecule has 0 saturated heterocycles. The fourth-order valence-corrected chi connectivity index (χ4v) is 3.41. The molecular weight excluding hydrogens is 356 g/mol. The summed E-state index contributed by atoms with van der Waals surface area (Å²) in [6.45, 7) is 2.23. The van der Waals surface area contributed by atoms with Crippen molar-refractivity contribution in [3.63, 3.8) is 0 Å². The number of benzene rings is 1. The summed E-state index contributed by atoms with van der Waals surface area (Å²) in [6, 6.07) is 7.47. The van der Waals surface area contributed by atoms with E-state index in [-0.39, 0.29) is 23.1 Å². The maximum Gasteiger partial charge on any atom is 0.243 e. The normalized spacial score (nSPS) is 11.5. The van der Waals surface area contributed by atoms with Gasteiger partial charge in [-0.15, -0.1) is 0 Å². The van der Waals surface area contributed by atoms with Gasteiger partial charge in [0.25, 0.3) is 0 Å². The molecule has 0 aliphatic heterocycles. The third-order valence-corrected chi connectivity index (χ3v) is 5.60. The number of Topliss-reactive ketones (excluding diaryl/α,β-unsaturated/α-hetero) is 1. The third kappa shape index (κ3) is 5.24. The summed E-state index contributed by atoms with van der Waals surface area (Å²) in [6.07, 6.45) is 4.21. The lowest BCUT2D eigenvalue weighted by atomic mass is 10.2. The van der Waals surface area contributed by atoms with Crippen LogP contribution in [-0.2, 0) is 21.4 Å². The van der Waals surface area contributed by atoms with E-state index in [1.807, 2.05) is 12.3 Å². The zero-order valence-corrected chi connectivity index (χ0v) is 15.6. The molecule has 0 aliphatic rings. The highest BCUT2D eigenvalue weighted by Gasteiger charge is 2.22. The second-order valence-electron chi connectivity index (χ2n) is 5.81. The van der Waals surface area contributed by atoms with Gasteiger partial charge in [0.2, 0.25) is 15.9 Å². The minimum absolute atomic E-state index is 0.0384. The Morgan fingerprint density at radius 1 is 1.23 bits per heavy atom. The first-order chi connectivity index (χ1) is 12.3. The number of carbonyl (C=O) groups is 2. The van der Waals surface area contributed by atoms with Crippen LogP contribution in [-0.4, -0.2) is 54.3 Å². The maximum atomic E-state index is 12.5. The lowest BCUT2D eigenvalue weighted by Gasteiger charge is -2.17. The first-order valence-electron chi connectivity index (χ1n) is 8.12.